The molecule has 0 aromatic rings. The van der Waals surface area contributed by atoms with Crippen molar-refractivity contribution >= 4 is 0 Å². The van der Waals surface area contributed by atoms with E-state index in [0.717, 1.165) is 19.4 Å². The molecule has 0 aromatic heterocycles. The highest BCUT2D eigenvalue weighted by Crippen LogP contribution is 2.15. The molecule has 1 saturated heterocycles. The van der Waals surface area contributed by atoms with Crippen molar-refractivity contribution in [3.05, 3.63) is 0 Å². The number of hydrogen-bond donors (Lipinski definition) is 2. The zero-order valence-electron chi connectivity index (χ0n) is 13.4. The van der Waals surface area contributed by atoms with E-state index in [1.807, 2.05) is 0 Å². The fourth-order valence-electron chi connectivity index (χ4n) is 3.13. The van der Waals surface area contributed by atoms with Crippen LogP contribution in [0.15, 0.2) is 0 Å². The molecular weight excluding hydrogens is 236 g/mol. The number of hydrogen-bond acceptors (Lipinski definition) is 3. The summed E-state index contributed by atoms with van der Waals surface area (Å²) >= 11 is 0. The van der Waals surface area contributed by atoms with Crippen molar-refractivity contribution < 1.29 is 5.11 Å². The van der Waals surface area contributed by atoms with Crippen LogP contribution in [0, 0.1) is 5.92 Å². The lowest BCUT2D eigenvalue weighted by atomic mass is 9.96. The van der Waals surface area contributed by atoms with Crippen molar-refractivity contribution in [1.29, 1.82) is 0 Å². The van der Waals surface area contributed by atoms with Gasteiger partial charge in [0.1, 0.15) is 0 Å². The summed E-state index contributed by atoms with van der Waals surface area (Å²) in [6.07, 6.45) is 5.71. The summed E-state index contributed by atoms with van der Waals surface area (Å²) < 4.78 is 0. The minimum atomic E-state index is -0.181. The van der Waals surface area contributed by atoms with E-state index in [1.165, 1.54) is 32.4 Å². The lowest BCUT2D eigenvalue weighted by Crippen LogP contribution is -2.39. The minimum Gasteiger partial charge on any atom is -0.392 e. The Hall–Kier alpha value is -0.120. The van der Waals surface area contributed by atoms with E-state index in [9.17, 15) is 5.11 Å². The molecule has 19 heavy (non-hydrogen) atoms. The highest BCUT2D eigenvalue weighted by Gasteiger charge is 2.20. The maximum Gasteiger partial charge on any atom is 0.0692 e. The van der Waals surface area contributed by atoms with E-state index in [1.54, 1.807) is 0 Å². The van der Waals surface area contributed by atoms with Crippen molar-refractivity contribution in [1.82, 2.24) is 10.2 Å². The Morgan fingerprint density at radius 1 is 1.16 bits per heavy atom. The third-order valence-corrected chi connectivity index (χ3v) is 4.70. The van der Waals surface area contributed by atoms with Crippen molar-refractivity contribution in [2.45, 2.75) is 78.0 Å². The Morgan fingerprint density at radius 3 is 2.42 bits per heavy atom. The molecule has 1 fully saturated rings. The molecule has 0 aliphatic carbocycles. The molecule has 0 aromatic carbocycles. The molecule has 114 valence electrons. The van der Waals surface area contributed by atoms with Crippen LogP contribution >= 0.6 is 0 Å². The van der Waals surface area contributed by atoms with Gasteiger partial charge in [-0.25, -0.2) is 0 Å². The SMILES string of the molecule is CCC(CC)C(O)CNC1CCCN(C(C)C)CC1. The first kappa shape index (κ1) is 16.9. The lowest BCUT2D eigenvalue weighted by molar-refractivity contribution is 0.0974. The van der Waals surface area contributed by atoms with Gasteiger partial charge in [-0.1, -0.05) is 26.7 Å². The van der Waals surface area contributed by atoms with Gasteiger partial charge in [0.2, 0.25) is 0 Å². The Kier molecular flexibility index (Phi) is 7.96. The molecule has 1 aliphatic heterocycles. The van der Waals surface area contributed by atoms with Crippen LogP contribution < -0.4 is 5.32 Å². The third-order valence-electron chi connectivity index (χ3n) is 4.70. The van der Waals surface area contributed by atoms with Crippen molar-refractivity contribution in [3.63, 3.8) is 0 Å². The third kappa shape index (κ3) is 5.80. The van der Waals surface area contributed by atoms with Crippen molar-refractivity contribution in [3.8, 4) is 0 Å². The molecule has 0 radical (unpaired) electrons. The number of likely N-dealkylation sites (tertiary alicyclic amines) is 1. The van der Waals surface area contributed by atoms with Gasteiger partial charge in [0.25, 0.3) is 0 Å². The van der Waals surface area contributed by atoms with Crippen LogP contribution in [0.25, 0.3) is 0 Å². The summed E-state index contributed by atoms with van der Waals surface area (Å²) in [4.78, 5) is 2.57. The first-order chi connectivity index (χ1) is 9.08. The Labute approximate surface area is 119 Å². The number of nitrogens with one attached hydrogen (secondary N) is 1. The summed E-state index contributed by atoms with van der Waals surface area (Å²) in [5.74, 6) is 0.449. The zero-order valence-corrected chi connectivity index (χ0v) is 13.4. The maximum atomic E-state index is 10.2. The van der Waals surface area contributed by atoms with Crippen LogP contribution in [-0.4, -0.2) is 47.8 Å². The highest BCUT2D eigenvalue weighted by molar-refractivity contribution is 4.78. The predicted octanol–water partition coefficient (Wildman–Crippen LogP) is 2.64. The van der Waals surface area contributed by atoms with Gasteiger partial charge >= 0.3 is 0 Å². The highest BCUT2D eigenvalue weighted by atomic mass is 16.3. The first-order valence-electron chi connectivity index (χ1n) is 8.23. The van der Waals surface area contributed by atoms with Gasteiger partial charge in [0, 0.05) is 18.6 Å². The van der Waals surface area contributed by atoms with Gasteiger partial charge in [-0.3, -0.25) is 0 Å². The van der Waals surface area contributed by atoms with Gasteiger partial charge in [0.05, 0.1) is 6.10 Å². The summed E-state index contributed by atoms with van der Waals surface area (Å²) in [6.45, 7) is 12.1. The van der Waals surface area contributed by atoms with Gasteiger partial charge < -0.3 is 15.3 Å². The smallest absolute Gasteiger partial charge is 0.0692 e. The molecule has 2 atom stereocenters. The summed E-state index contributed by atoms with van der Waals surface area (Å²) in [5, 5.41) is 13.8. The summed E-state index contributed by atoms with van der Waals surface area (Å²) in [5.41, 5.74) is 0. The Balaban J connectivity index is 2.30. The maximum absolute atomic E-state index is 10.2. The van der Waals surface area contributed by atoms with Crippen molar-refractivity contribution in [2.75, 3.05) is 19.6 Å². The molecule has 0 saturated carbocycles. The van der Waals surface area contributed by atoms with E-state index < -0.39 is 0 Å². The Morgan fingerprint density at radius 2 is 1.84 bits per heavy atom. The van der Waals surface area contributed by atoms with Crippen LogP contribution in [0.2, 0.25) is 0 Å². The molecule has 3 heteroatoms. The quantitative estimate of drug-likeness (QED) is 0.746. The molecule has 0 amide bonds. The van der Waals surface area contributed by atoms with Crippen molar-refractivity contribution in [2.24, 2.45) is 5.92 Å². The minimum absolute atomic E-state index is 0.181. The number of rotatable bonds is 7. The fourth-order valence-corrected chi connectivity index (χ4v) is 3.13. The lowest BCUT2D eigenvalue weighted by Gasteiger charge is -2.25. The summed E-state index contributed by atoms with van der Waals surface area (Å²) in [7, 11) is 0. The van der Waals surface area contributed by atoms with E-state index >= 15 is 0 Å². The van der Waals surface area contributed by atoms with Crippen LogP contribution in [0.1, 0.15) is 59.8 Å². The molecule has 1 rings (SSSR count). The van der Waals surface area contributed by atoms with E-state index in [4.69, 9.17) is 0 Å². The second kappa shape index (κ2) is 8.93. The van der Waals surface area contributed by atoms with E-state index in [0.29, 0.717) is 18.0 Å². The molecule has 2 unspecified atom stereocenters. The normalized spacial score (nSPS) is 23.8. The number of aliphatic hydroxyl groups excluding tert-OH is 1. The summed E-state index contributed by atoms with van der Waals surface area (Å²) in [6, 6.07) is 1.25. The molecule has 1 aliphatic rings. The molecule has 0 bridgehead atoms. The monoisotopic (exact) mass is 270 g/mol. The fraction of sp³-hybridized carbons (Fsp3) is 1.00. The standard InChI is InChI=1S/C16H34N2O/c1-5-14(6-2)16(19)12-17-15-8-7-10-18(11-9-15)13(3)4/h13-17,19H,5-12H2,1-4H3. The topological polar surface area (TPSA) is 35.5 Å². The Bertz CT molecular complexity index is 229. The molecule has 0 spiro atoms. The van der Waals surface area contributed by atoms with Gasteiger partial charge in [0.15, 0.2) is 0 Å². The van der Waals surface area contributed by atoms with Gasteiger partial charge in [-0.05, 0) is 52.1 Å². The van der Waals surface area contributed by atoms with Gasteiger partial charge in [-0.2, -0.15) is 0 Å². The van der Waals surface area contributed by atoms with Crippen LogP contribution in [0.5, 0.6) is 0 Å². The van der Waals surface area contributed by atoms with Crippen LogP contribution in [0.3, 0.4) is 0 Å². The average Bonchev–Trinajstić information content (AvgIpc) is 2.63. The zero-order chi connectivity index (χ0) is 14.3. The van der Waals surface area contributed by atoms with E-state index in [-0.39, 0.29) is 6.10 Å². The molecule has 3 nitrogen and oxygen atoms in total. The molecule has 2 N–H and O–H groups in total. The van der Waals surface area contributed by atoms with E-state index in [2.05, 4.69) is 37.9 Å². The van der Waals surface area contributed by atoms with Crippen LogP contribution in [-0.2, 0) is 0 Å². The molecule has 1 heterocycles. The number of aliphatic hydroxyl groups is 1. The average molecular weight is 270 g/mol. The second-order valence-electron chi connectivity index (χ2n) is 6.31. The number of nitrogens with zero attached hydrogens (tertiary/aromatic N) is 1. The predicted molar refractivity (Wildman–Crippen MR) is 82.4 cm³/mol. The second-order valence-corrected chi connectivity index (χ2v) is 6.31. The van der Waals surface area contributed by atoms with Crippen LogP contribution in [0.4, 0.5) is 0 Å². The van der Waals surface area contributed by atoms with Gasteiger partial charge in [-0.15, -0.1) is 0 Å². The molecular formula is C16H34N2O. The first-order valence-corrected chi connectivity index (χ1v) is 8.23. The largest absolute Gasteiger partial charge is 0.392 e.